The van der Waals surface area contributed by atoms with E-state index in [2.05, 4.69) is 11.8 Å². The van der Waals surface area contributed by atoms with Crippen molar-refractivity contribution in [2.75, 3.05) is 26.7 Å². The van der Waals surface area contributed by atoms with Crippen molar-refractivity contribution in [3.05, 3.63) is 0 Å². The minimum atomic E-state index is -0.869. The molecule has 0 bridgehead atoms. The summed E-state index contributed by atoms with van der Waals surface area (Å²) in [6.07, 6.45) is 3.10. The van der Waals surface area contributed by atoms with Gasteiger partial charge in [0.1, 0.15) is 0 Å². The van der Waals surface area contributed by atoms with Crippen LogP contribution in [0.1, 0.15) is 39.5 Å². The van der Waals surface area contributed by atoms with Crippen LogP contribution in [0.2, 0.25) is 0 Å². The van der Waals surface area contributed by atoms with Gasteiger partial charge in [0.05, 0.1) is 18.6 Å². The molecule has 0 aliphatic carbocycles. The van der Waals surface area contributed by atoms with Gasteiger partial charge < -0.3 is 14.7 Å². The Kier molecular flexibility index (Phi) is 5.40. The highest BCUT2D eigenvalue weighted by atomic mass is 16.5. The highest BCUT2D eigenvalue weighted by molar-refractivity contribution is 5.73. The van der Waals surface area contributed by atoms with Gasteiger partial charge in [-0.1, -0.05) is 13.8 Å². The Labute approximate surface area is 104 Å². The molecule has 1 saturated heterocycles. The summed E-state index contributed by atoms with van der Waals surface area (Å²) >= 11 is 0. The van der Waals surface area contributed by atoms with Crippen LogP contribution in [0, 0.1) is 5.92 Å². The van der Waals surface area contributed by atoms with E-state index in [1.54, 1.807) is 0 Å². The lowest BCUT2D eigenvalue weighted by atomic mass is 9.78. The molecule has 1 aliphatic heterocycles. The minimum Gasteiger partial charge on any atom is -0.469 e. The summed E-state index contributed by atoms with van der Waals surface area (Å²) in [5, 5.41) is 10.6. The summed E-state index contributed by atoms with van der Waals surface area (Å²) in [7, 11) is 1.39. The Balaban J connectivity index is 2.60. The van der Waals surface area contributed by atoms with E-state index < -0.39 is 5.60 Å². The molecule has 17 heavy (non-hydrogen) atoms. The van der Waals surface area contributed by atoms with Crippen molar-refractivity contribution < 1.29 is 14.6 Å². The maximum atomic E-state index is 11.7. The SMILES string of the molecule is CCCN1CCC(O)(C(CC)C(=O)OC)CC1. The minimum absolute atomic E-state index is 0.279. The van der Waals surface area contributed by atoms with Crippen LogP contribution in [0.5, 0.6) is 0 Å². The Morgan fingerprint density at radius 1 is 1.41 bits per heavy atom. The second-order valence-corrected chi connectivity index (χ2v) is 4.93. The quantitative estimate of drug-likeness (QED) is 0.742. The van der Waals surface area contributed by atoms with Gasteiger partial charge in [0.25, 0.3) is 0 Å². The second kappa shape index (κ2) is 6.36. The van der Waals surface area contributed by atoms with Crippen LogP contribution in [0.25, 0.3) is 0 Å². The predicted molar refractivity (Wildman–Crippen MR) is 66.7 cm³/mol. The number of esters is 1. The van der Waals surface area contributed by atoms with Crippen LogP contribution in [0.15, 0.2) is 0 Å². The van der Waals surface area contributed by atoms with Crippen molar-refractivity contribution in [2.45, 2.75) is 45.1 Å². The number of nitrogens with zero attached hydrogens (tertiary/aromatic N) is 1. The van der Waals surface area contributed by atoms with E-state index in [0.29, 0.717) is 19.3 Å². The highest BCUT2D eigenvalue weighted by Crippen LogP contribution is 2.32. The van der Waals surface area contributed by atoms with Gasteiger partial charge in [-0.2, -0.15) is 0 Å². The number of piperidine rings is 1. The molecule has 0 amide bonds. The van der Waals surface area contributed by atoms with Gasteiger partial charge in [0.2, 0.25) is 0 Å². The highest BCUT2D eigenvalue weighted by Gasteiger charge is 2.42. The number of rotatable bonds is 5. The summed E-state index contributed by atoms with van der Waals surface area (Å²) in [4.78, 5) is 14.0. The summed E-state index contributed by atoms with van der Waals surface area (Å²) in [6, 6.07) is 0. The number of hydrogen-bond acceptors (Lipinski definition) is 4. The van der Waals surface area contributed by atoms with E-state index in [4.69, 9.17) is 4.74 Å². The first kappa shape index (κ1) is 14.5. The number of hydrogen-bond donors (Lipinski definition) is 1. The molecule has 1 unspecified atom stereocenters. The van der Waals surface area contributed by atoms with Gasteiger partial charge in [-0.15, -0.1) is 0 Å². The molecular weight excluding hydrogens is 218 g/mol. The third-order valence-corrected chi connectivity index (χ3v) is 3.80. The lowest BCUT2D eigenvalue weighted by Gasteiger charge is -2.41. The van der Waals surface area contributed by atoms with Crippen molar-refractivity contribution in [1.29, 1.82) is 0 Å². The first-order chi connectivity index (χ1) is 8.07. The van der Waals surface area contributed by atoms with Crippen molar-refractivity contribution in [3.8, 4) is 0 Å². The zero-order chi connectivity index (χ0) is 12.9. The fourth-order valence-electron chi connectivity index (χ4n) is 2.74. The van der Waals surface area contributed by atoms with E-state index in [9.17, 15) is 9.90 Å². The van der Waals surface area contributed by atoms with E-state index >= 15 is 0 Å². The maximum Gasteiger partial charge on any atom is 0.311 e. The Morgan fingerprint density at radius 3 is 2.41 bits per heavy atom. The van der Waals surface area contributed by atoms with Crippen LogP contribution in [0.3, 0.4) is 0 Å². The standard InChI is InChI=1S/C13H25NO3/c1-4-8-14-9-6-13(16,7-10-14)11(5-2)12(15)17-3/h11,16H,4-10H2,1-3H3. The number of carbonyl (C=O) groups is 1. The van der Waals surface area contributed by atoms with Crippen LogP contribution in [0.4, 0.5) is 0 Å². The molecule has 1 N–H and O–H groups in total. The topological polar surface area (TPSA) is 49.8 Å². The molecule has 0 radical (unpaired) electrons. The predicted octanol–water partition coefficient (Wildman–Crippen LogP) is 1.42. The average Bonchev–Trinajstić information content (AvgIpc) is 2.33. The first-order valence-electron chi connectivity index (χ1n) is 6.60. The Morgan fingerprint density at radius 2 is 2.00 bits per heavy atom. The van der Waals surface area contributed by atoms with Crippen LogP contribution in [-0.2, 0) is 9.53 Å². The van der Waals surface area contributed by atoms with Crippen LogP contribution in [-0.4, -0.2) is 48.3 Å². The van der Waals surface area contributed by atoms with Gasteiger partial charge in [-0.05, 0) is 32.2 Å². The Hall–Kier alpha value is -0.610. The molecule has 1 fully saturated rings. The van der Waals surface area contributed by atoms with Gasteiger partial charge in [0.15, 0.2) is 0 Å². The molecule has 1 heterocycles. The summed E-state index contributed by atoms with van der Waals surface area (Å²) < 4.78 is 4.78. The third kappa shape index (κ3) is 3.42. The molecule has 1 atom stereocenters. The lowest BCUT2D eigenvalue weighted by Crippen LogP contribution is -2.51. The van der Waals surface area contributed by atoms with Gasteiger partial charge >= 0.3 is 5.97 Å². The van der Waals surface area contributed by atoms with Crippen LogP contribution >= 0.6 is 0 Å². The molecule has 1 aliphatic rings. The number of likely N-dealkylation sites (tertiary alicyclic amines) is 1. The molecule has 100 valence electrons. The molecule has 0 aromatic rings. The van der Waals surface area contributed by atoms with Crippen molar-refractivity contribution in [2.24, 2.45) is 5.92 Å². The smallest absolute Gasteiger partial charge is 0.311 e. The average molecular weight is 243 g/mol. The number of ether oxygens (including phenoxy) is 1. The molecule has 1 rings (SSSR count). The second-order valence-electron chi connectivity index (χ2n) is 4.93. The molecule has 0 spiro atoms. The van der Waals surface area contributed by atoms with Gasteiger partial charge in [-0.25, -0.2) is 0 Å². The summed E-state index contributed by atoms with van der Waals surface area (Å²) in [5.74, 6) is -0.657. The molecular formula is C13H25NO3. The largest absolute Gasteiger partial charge is 0.469 e. The monoisotopic (exact) mass is 243 g/mol. The molecule has 0 saturated carbocycles. The number of carbonyl (C=O) groups excluding carboxylic acids is 1. The van der Waals surface area contributed by atoms with E-state index in [1.807, 2.05) is 6.92 Å². The lowest BCUT2D eigenvalue weighted by molar-refractivity contribution is -0.160. The van der Waals surface area contributed by atoms with Crippen molar-refractivity contribution >= 4 is 5.97 Å². The van der Waals surface area contributed by atoms with Crippen molar-refractivity contribution in [3.63, 3.8) is 0 Å². The van der Waals surface area contributed by atoms with E-state index in [-0.39, 0.29) is 11.9 Å². The first-order valence-corrected chi connectivity index (χ1v) is 6.60. The molecule has 4 nitrogen and oxygen atoms in total. The van der Waals surface area contributed by atoms with E-state index in [1.165, 1.54) is 7.11 Å². The van der Waals surface area contributed by atoms with Crippen LogP contribution < -0.4 is 0 Å². The maximum absolute atomic E-state index is 11.7. The summed E-state index contributed by atoms with van der Waals surface area (Å²) in [5.41, 5.74) is -0.869. The zero-order valence-corrected chi connectivity index (χ0v) is 11.2. The third-order valence-electron chi connectivity index (χ3n) is 3.80. The van der Waals surface area contributed by atoms with Crippen molar-refractivity contribution in [1.82, 2.24) is 4.90 Å². The van der Waals surface area contributed by atoms with E-state index in [0.717, 1.165) is 26.1 Å². The van der Waals surface area contributed by atoms with Gasteiger partial charge in [-0.3, -0.25) is 4.79 Å². The number of methoxy groups -OCH3 is 1. The Bertz CT molecular complexity index is 247. The van der Waals surface area contributed by atoms with Gasteiger partial charge in [0, 0.05) is 13.1 Å². The fraction of sp³-hybridized carbons (Fsp3) is 0.923. The normalized spacial score (nSPS) is 22.1. The zero-order valence-electron chi connectivity index (χ0n) is 11.2. The summed E-state index contributed by atoms with van der Waals surface area (Å²) in [6.45, 7) is 6.91. The molecule has 0 aromatic carbocycles. The molecule has 0 aromatic heterocycles. The number of aliphatic hydroxyl groups is 1. The molecule has 4 heteroatoms. The fourth-order valence-corrected chi connectivity index (χ4v) is 2.74.